The second-order valence-electron chi connectivity index (χ2n) is 9.91. The lowest BCUT2D eigenvalue weighted by molar-refractivity contribution is -0.135. The third kappa shape index (κ3) is 4.79. The van der Waals surface area contributed by atoms with Crippen molar-refractivity contribution in [3.63, 3.8) is 0 Å². The van der Waals surface area contributed by atoms with Gasteiger partial charge in [-0.1, -0.05) is 83.0 Å². The van der Waals surface area contributed by atoms with Crippen molar-refractivity contribution in [3.8, 4) is 11.1 Å². The summed E-state index contributed by atoms with van der Waals surface area (Å²) in [6.07, 6.45) is 5.46. The van der Waals surface area contributed by atoms with Crippen LogP contribution in [0.2, 0.25) is 0 Å². The van der Waals surface area contributed by atoms with Gasteiger partial charge in [0.05, 0.1) is 23.8 Å². The molecule has 4 aromatic rings. The number of hydrogen-bond acceptors (Lipinski definition) is 4. The summed E-state index contributed by atoms with van der Waals surface area (Å²) in [5, 5.41) is 2.62. The highest BCUT2D eigenvalue weighted by atomic mass is 79.9. The molecule has 192 valence electrons. The zero-order valence-electron chi connectivity index (χ0n) is 21.0. The molecule has 0 saturated carbocycles. The third-order valence-electron chi connectivity index (χ3n) is 7.37. The zero-order chi connectivity index (χ0) is 26.1. The maximum atomic E-state index is 13.7. The van der Waals surface area contributed by atoms with Crippen molar-refractivity contribution >= 4 is 38.4 Å². The van der Waals surface area contributed by atoms with Gasteiger partial charge in [0.15, 0.2) is 0 Å². The summed E-state index contributed by atoms with van der Waals surface area (Å²) >= 11 is 3.60. The van der Waals surface area contributed by atoms with E-state index in [2.05, 4.69) is 31.2 Å². The van der Waals surface area contributed by atoms with E-state index in [-0.39, 0.29) is 17.5 Å². The first-order valence-electron chi connectivity index (χ1n) is 13.1. The van der Waals surface area contributed by atoms with Crippen LogP contribution in [-0.4, -0.2) is 40.4 Å². The Morgan fingerprint density at radius 3 is 2.34 bits per heavy atom. The molecule has 38 heavy (non-hydrogen) atoms. The number of benzene rings is 3. The summed E-state index contributed by atoms with van der Waals surface area (Å²) in [7, 11) is 0. The fourth-order valence-corrected chi connectivity index (χ4v) is 5.89. The maximum Gasteiger partial charge on any atom is 0.258 e. The minimum Gasteiger partial charge on any atom is -0.321 e. The molecule has 0 aliphatic carbocycles. The third-order valence-corrected chi connectivity index (χ3v) is 7.86. The normalized spacial score (nSPS) is 17.9. The van der Waals surface area contributed by atoms with E-state index in [1.165, 1.54) is 6.42 Å². The molecule has 6 nitrogen and oxygen atoms in total. The molecule has 2 aliphatic heterocycles. The minimum absolute atomic E-state index is 0.00627. The molecular weight excluding hydrogens is 540 g/mol. The Morgan fingerprint density at radius 1 is 0.895 bits per heavy atom. The first kappa shape index (κ1) is 24.6. The number of amides is 1. The number of aromatic nitrogens is 1. The fraction of sp³-hybridized carbons (Fsp3) is 0.226. The van der Waals surface area contributed by atoms with Gasteiger partial charge in [-0.25, -0.2) is 5.01 Å². The van der Waals surface area contributed by atoms with Crippen LogP contribution in [0.15, 0.2) is 94.2 Å². The monoisotopic (exact) mass is 568 g/mol. The molecule has 0 radical (unpaired) electrons. The molecule has 0 unspecified atom stereocenters. The van der Waals surface area contributed by atoms with E-state index in [4.69, 9.17) is 0 Å². The van der Waals surface area contributed by atoms with Crippen LogP contribution in [-0.2, 0) is 4.79 Å². The fourth-order valence-electron chi connectivity index (χ4n) is 5.53. The first-order chi connectivity index (χ1) is 18.6. The summed E-state index contributed by atoms with van der Waals surface area (Å²) in [5.41, 5.74) is 7.84. The molecule has 7 heteroatoms. The number of fused-ring (bicyclic) bond motifs is 1. The van der Waals surface area contributed by atoms with E-state index in [0.717, 1.165) is 58.0 Å². The van der Waals surface area contributed by atoms with E-state index in [9.17, 15) is 9.59 Å². The highest BCUT2D eigenvalue weighted by molar-refractivity contribution is 9.10. The van der Waals surface area contributed by atoms with Crippen molar-refractivity contribution in [2.24, 2.45) is 0 Å². The molecule has 1 aromatic heterocycles. The number of rotatable bonds is 5. The molecule has 6 rings (SSSR count). The van der Waals surface area contributed by atoms with E-state index in [1.54, 1.807) is 5.01 Å². The van der Waals surface area contributed by atoms with Gasteiger partial charge < -0.3 is 4.98 Å². The van der Waals surface area contributed by atoms with E-state index < -0.39 is 0 Å². The molecule has 1 fully saturated rings. The number of carbonyl (C=O) groups excluding carboxylic acids is 1. The maximum absolute atomic E-state index is 13.7. The number of carbonyl (C=O) groups is 1. The summed E-state index contributed by atoms with van der Waals surface area (Å²) in [5.74, 6) is -0.00627. The predicted molar refractivity (Wildman–Crippen MR) is 155 cm³/mol. The molecule has 0 spiro atoms. The lowest BCUT2D eigenvalue weighted by atomic mass is 9.94. The van der Waals surface area contributed by atoms with E-state index in [1.807, 2.05) is 84.9 Å². The summed E-state index contributed by atoms with van der Waals surface area (Å²) < 4.78 is 0.925. The molecule has 2 N–H and O–H groups in total. The smallest absolute Gasteiger partial charge is 0.258 e. The lowest BCUT2D eigenvalue weighted by Crippen LogP contribution is -2.46. The van der Waals surface area contributed by atoms with Gasteiger partial charge in [-0.15, -0.1) is 0 Å². The van der Waals surface area contributed by atoms with Crippen LogP contribution < -0.4 is 11.0 Å². The number of halogens is 1. The Hall–Kier alpha value is -3.68. The number of pyridine rings is 1. The number of aromatic amines is 1. The van der Waals surface area contributed by atoms with Crippen molar-refractivity contribution < 1.29 is 4.79 Å². The van der Waals surface area contributed by atoms with Crippen molar-refractivity contribution in [2.45, 2.75) is 25.3 Å². The number of piperidine rings is 1. The highest BCUT2D eigenvalue weighted by Crippen LogP contribution is 2.37. The molecule has 3 heterocycles. The van der Waals surface area contributed by atoms with Gasteiger partial charge in [-0.3, -0.25) is 19.9 Å². The van der Waals surface area contributed by atoms with Gasteiger partial charge in [-0.2, -0.15) is 0 Å². The summed E-state index contributed by atoms with van der Waals surface area (Å²) in [6.45, 7) is 2.23. The Balaban J connectivity index is 1.48. The Bertz CT molecular complexity index is 1560. The molecule has 1 atom stereocenters. The average Bonchev–Trinajstić information content (AvgIpc) is 3.39. The number of H-pyrrole nitrogens is 1. The molecule has 1 amide bonds. The predicted octanol–water partition coefficient (Wildman–Crippen LogP) is 5.87. The van der Waals surface area contributed by atoms with Crippen LogP contribution in [0.4, 0.5) is 0 Å². The zero-order valence-corrected chi connectivity index (χ0v) is 22.6. The topological polar surface area (TPSA) is 68.4 Å². The largest absolute Gasteiger partial charge is 0.321 e. The number of hydrogen-bond donors (Lipinski definition) is 2. The van der Waals surface area contributed by atoms with E-state index >= 15 is 0 Å². The van der Waals surface area contributed by atoms with Gasteiger partial charge in [0.2, 0.25) is 0 Å². The van der Waals surface area contributed by atoms with Crippen molar-refractivity contribution in [2.75, 3.05) is 19.6 Å². The Labute approximate surface area is 230 Å². The van der Waals surface area contributed by atoms with Gasteiger partial charge >= 0.3 is 0 Å². The van der Waals surface area contributed by atoms with Gasteiger partial charge in [0.25, 0.3) is 11.5 Å². The summed E-state index contributed by atoms with van der Waals surface area (Å²) in [6, 6.07) is 25.4. The second kappa shape index (κ2) is 10.6. The van der Waals surface area contributed by atoms with Crippen molar-refractivity contribution in [1.29, 1.82) is 0 Å². The number of likely N-dealkylation sites (tertiary alicyclic amines) is 1. The van der Waals surface area contributed by atoms with Gasteiger partial charge in [0.1, 0.15) is 0 Å². The lowest BCUT2D eigenvalue weighted by Gasteiger charge is -2.31. The van der Waals surface area contributed by atoms with Gasteiger partial charge in [0, 0.05) is 20.9 Å². The Kier molecular flexibility index (Phi) is 6.87. The molecule has 1 saturated heterocycles. The highest BCUT2D eigenvalue weighted by Gasteiger charge is 2.34. The van der Waals surface area contributed by atoms with Crippen molar-refractivity contribution in [3.05, 3.63) is 111 Å². The average molecular weight is 570 g/mol. The van der Waals surface area contributed by atoms with Crippen LogP contribution in [0, 0.1) is 0 Å². The van der Waals surface area contributed by atoms with E-state index in [0.29, 0.717) is 17.8 Å². The molecule has 0 bridgehead atoms. The molecular formula is C31H29BrN4O2. The molecule has 2 aliphatic rings. The van der Waals surface area contributed by atoms with Gasteiger partial charge in [-0.05, 0) is 61.3 Å². The van der Waals surface area contributed by atoms with Crippen LogP contribution in [0.25, 0.3) is 27.7 Å². The number of hydrazine groups is 1. The SMILES string of the molecule is O=C(CN1CCCCC1)N1NC(c2c(-c3ccccc3)c3cc(Br)ccc3[nH]c2=O)=C[C@H]1c1ccccc1. The number of nitrogens with one attached hydrogen (secondary N) is 2. The van der Waals surface area contributed by atoms with Crippen molar-refractivity contribution in [1.82, 2.24) is 20.3 Å². The second-order valence-corrected chi connectivity index (χ2v) is 10.8. The Morgan fingerprint density at radius 2 is 1.61 bits per heavy atom. The quantitative estimate of drug-likeness (QED) is 0.316. The summed E-state index contributed by atoms with van der Waals surface area (Å²) in [4.78, 5) is 32.6. The van der Waals surface area contributed by atoms with Crippen LogP contribution in [0.3, 0.4) is 0 Å². The van der Waals surface area contributed by atoms with Crippen LogP contribution in [0.1, 0.15) is 36.4 Å². The van der Waals surface area contributed by atoms with Crippen LogP contribution in [0.5, 0.6) is 0 Å². The standard InChI is InChI=1S/C31H29BrN4O2/c32-23-14-15-25-24(18-23)29(22-12-6-2-7-13-22)30(31(38)33-25)26-19-27(21-10-4-1-5-11-21)36(34-26)28(37)20-35-16-8-3-9-17-35/h1-2,4-7,10-15,18-19,27,34H,3,8-9,16-17,20H2,(H,33,38)/t27-/m0/s1. The molecule has 3 aromatic carbocycles. The number of nitrogens with zero attached hydrogens (tertiary/aromatic N) is 2. The first-order valence-corrected chi connectivity index (χ1v) is 13.9. The van der Waals surface area contributed by atoms with Crippen LogP contribution >= 0.6 is 15.9 Å². The minimum atomic E-state index is -0.329.